The Morgan fingerprint density at radius 2 is 1.50 bits per heavy atom. The van der Waals surface area contributed by atoms with Crippen LogP contribution in [0.15, 0.2) is 47.4 Å². The molecule has 0 saturated heterocycles. The number of fused-ring (bicyclic) bond motifs is 3. The maximum atomic E-state index is 4.58. The van der Waals surface area contributed by atoms with Crippen molar-refractivity contribution < 1.29 is 0 Å². The molecule has 0 N–H and O–H groups in total. The molecule has 0 fully saturated rings. The molecule has 0 aliphatic heterocycles. The predicted molar refractivity (Wildman–Crippen MR) is 89.7 cm³/mol. The van der Waals surface area contributed by atoms with E-state index in [0.717, 1.165) is 4.90 Å². The zero-order chi connectivity index (χ0) is 14.2. The number of benzene rings is 2. The van der Waals surface area contributed by atoms with Crippen molar-refractivity contribution in [2.75, 3.05) is 0 Å². The monoisotopic (exact) mass is 282 g/mol. The van der Waals surface area contributed by atoms with Crippen molar-refractivity contribution in [3.63, 3.8) is 0 Å². The van der Waals surface area contributed by atoms with E-state index in [2.05, 4.69) is 68.9 Å². The molecule has 2 aromatic carbocycles. The first-order chi connectivity index (χ1) is 9.73. The largest absolute Gasteiger partial charge is 0.143 e. The van der Waals surface area contributed by atoms with Crippen LogP contribution in [0, 0.1) is 0 Å². The Kier molecular flexibility index (Phi) is 3.64. The second-order valence-corrected chi connectivity index (χ2v) is 6.37. The lowest BCUT2D eigenvalue weighted by Gasteiger charge is -2.32. The normalized spacial score (nSPS) is 14.9. The third kappa shape index (κ3) is 1.91. The van der Waals surface area contributed by atoms with E-state index in [1.54, 1.807) is 0 Å². The summed E-state index contributed by atoms with van der Waals surface area (Å²) in [5.41, 5.74) is 6.07. The minimum atomic E-state index is 0.203. The summed E-state index contributed by atoms with van der Waals surface area (Å²) in [6, 6.07) is 15.6. The minimum absolute atomic E-state index is 0.203. The van der Waals surface area contributed by atoms with Crippen molar-refractivity contribution in [2.24, 2.45) is 0 Å². The summed E-state index contributed by atoms with van der Waals surface area (Å²) < 4.78 is 0. The lowest BCUT2D eigenvalue weighted by Crippen LogP contribution is -2.24. The summed E-state index contributed by atoms with van der Waals surface area (Å²) in [6.45, 7) is 4.59. The van der Waals surface area contributed by atoms with Crippen LogP contribution in [0.5, 0.6) is 0 Å². The van der Waals surface area contributed by atoms with Crippen molar-refractivity contribution in [3.8, 4) is 11.1 Å². The summed E-state index contributed by atoms with van der Waals surface area (Å²) >= 11 is 4.58. The van der Waals surface area contributed by atoms with Gasteiger partial charge in [0.1, 0.15) is 0 Å². The molecule has 0 amide bonds. The third-order valence-corrected chi connectivity index (χ3v) is 4.88. The second kappa shape index (κ2) is 5.29. The van der Waals surface area contributed by atoms with Crippen molar-refractivity contribution in [3.05, 3.63) is 53.6 Å². The van der Waals surface area contributed by atoms with E-state index in [9.17, 15) is 0 Å². The Bertz CT molecular complexity index is 621. The molecule has 0 bridgehead atoms. The molecule has 104 valence electrons. The Morgan fingerprint density at radius 3 is 2.20 bits per heavy atom. The first-order valence-electron chi connectivity index (χ1n) is 7.66. The molecule has 0 spiro atoms. The van der Waals surface area contributed by atoms with E-state index in [1.165, 1.54) is 47.9 Å². The van der Waals surface area contributed by atoms with Crippen LogP contribution in [0.25, 0.3) is 11.1 Å². The van der Waals surface area contributed by atoms with Gasteiger partial charge in [-0.3, -0.25) is 0 Å². The fourth-order valence-electron chi connectivity index (χ4n) is 3.96. The van der Waals surface area contributed by atoms with Crippen LogP contribution in [-0.4, -0.2) is 0 Å². The van der Waals surface area contributed by atoms with Gasteiger partial charge >= 0.3 is 0 Å². The fraction of sp³-hybridized carbons (Fsp3) is 0.368. The molecule has 0 saturated carbocycles. The van der Waals surface area contributed by atoms with Crippen LogP contribution in [0.2, 0.25) is 0 Å². The summed E-state index contributed by atoms with van der Waals surface area (Å²) in [5.74, 6) is 0. The van der Waals surface area contributed by atoms with Gasteiger partial charge < -0.3 is 0 Å². The number of rotatable bonds is 4. The van der Waals surface area contributed by atoms with Crippen LogP contribution in [-0.2, 0) is 5.41 Å². The van der Waals surface area contributed by atoms with E-state index in [-0.39, 0.29) is 5.41 Å². The van der Waals surface area contributed by atoms with Gasteiger partial charge in [0.15, 0.2) is 0 Å². The summed E-state index contributed by atoms with van der Waals surface area (Å²) in [6.07, 6.45) is 4.87. The predicted octanol–water partition coefficient (Wildman–Crippen LogP) is 5.84. The molecule has 1 aliphatic carbocycles. The topological polar surface area (TPSA) is 0 Å². The first-order valence-corrected chi connectivity index (χ1v) is 8.11. The maximum Gasteiger partial charge on any atom is 0.0215 e. The van der Waals surface area contributed by atoms with Crippen molar-refractivity contribution >= 4 is 12.6 Å². The van der Waals surface area contributed by atoms with Gasteiger partial charge in [-0.1, -0.05) is 57.0 Å². The van der Waals surface area contributed by atoms with E-state index in [0.29, 0.717) is 0 Å². The molecule has 20 heavy (non-hydrogen) atoms. The zero-order valence-corrected chi connectivity index (χ0v) is 13.2. The second-order valence-electron chi connectivity index (χ2n) is 5.86. The Hall–Kier alpha value is -1.21. The van der Waals surface area contributed by atoms with Crippen LogP contribution in [0.4, 0.5) is 0 Å². The van der Waals surface area contributed by atoms with Gasteiger partial charge in [0.25, 0.3) is 0 Å². The number of hydrogen-bond donors (Lipinski definition) is 1. The van der Waals surface area contributed by atoms with Crippen LogP contribution < -0.4 is 0 Å². The molecular formula is C19H22S. The zero-order valence-electron chi connectivity index (χ0n) is 12.3. The number of hydrogen-bond acceptors (Lipinski definition) is 1. The van der Waals surface area contributed by atoms with Gasteiger partial charge in [0.2, 0.25) is 0 Å². The van der Waals surface area contributed by atoms with Gasteiger partial charge in [-0.25, -0.2) is 0 Å². The van der Waals surface area contributed by atoms with Gasteiger partial charge in [-0.2, -0.15) is 0 Å². The molecule has 0 atom stereocenters. The highest BCUT2D eigenvalue weighted by Crippen LogP contribution is 2.53. The quantitative estimate of drug-likeness (QED) is 0.669. The van der Waals surface area contributed by atoms with Crippen LogP contribution >= 0.6 is 12.6 Å². The maximum absolute atomic E-state index is 4.58. The highest BCUT2D eigenvalue weighted by atomic mass is 32.1. The Morgan fingerprint density at radius 1 is 0.850 bits per heavy atom. The van der Waals surface area contributed by atoms with Crippen molar-refractivity contribution in [1.82, 2.24) is 0 Å². The lowest BCUT2D eigenvalue weighted by molar-refractivity contribution is 0.435. The molecule has 2 aromatic rings. The standard InChI is InChI=1S/C19H22S/c1-3-11-19(12-4-2)17-8-6-5-7-15(17)16-10-9-14(20)13-18(16)19/h5-10,13,20H,3-4,11-12H2,1-2H3. The molecule has 1 aliphatic rings. The molecule has 3 rings (SSSR count). The van der Waals surface area contributed by atoms with E-state index in [4.69, 9.17) is 0 Å². The highest BCUT2D eigenvalue weighted by Gasteiger charge is 2.41. The SMILES string of the molecule is CCCC1(CCC)c2ccccc2-c2ccc(S)cc21. The van der Waals surface area contributed by atoms with E-state index >= 15 is 0 Å². The summed E-state index contributed by atoms with van der Waals surface area (Å²) in [7, 11) is 0. The Balaban J connectivity index is 2.30. The van der Waals surface area contributed by atoms with Gasteiger partial charge in [-0.15, -0.1) is 12.6 Å². The van der Waals surface area contributed by atoms with Crippen molar-refractivity contribution in [2.45, 2.75) is 49.8 Å². The average molecular weight is 282 g/mol. The summed E-state index contributed by atoms with van der Waals surface area (Å²) in [5, 5.41) is 0. The van der Waals surface area contributed by atoms with E-state index in [1.807, 2.05) is 0 Å². The molecule has 0 nitrogen and oxygen atoms in total. The fourth-order valence-corrected chi connectivity index (χ4v) is 4.16. The molecule has 0 radical (unpaired) electrons. The van der Waals surface area contributed by atoms with Crippen LogP contribution in [0.1, 0.15) is 50.7 Å². The van der Waals surface area contributed by atoms with E-state index < -0.39 is 0 Å². The number of thiol groups is 1. The smallest absolute Gasteiger partial charge is 0.0215 e. The lowest BCUT2D eigenvalue weighted by atomic mass is 9.71. The molecule has 0 heterocycles. The first kappa shape index (κ1) is 13.8. The van der Waals surface area contributed by atoms with Crippen molar-refractivity contribution in [1.29, 1.82) is 0 Å². The molecule has 0 unspecified atom stereocenters. The Labute approximate surface area is 127 Å². The summed E-state index contributed by atoms with van der Waals surface area (Å²) in [4.78, 5) is 1.08. The van der Waals surface area contributed by atoms with Gasteiger partial charge in [0, 0.05) is 10.3 Å². The third-order valence-electron chi connectivity index (χ3n) is 4.61. The van der Waals surface area contributed by atoms with Gasteiger partial charge in [0.05, 0.1) is 0 Å². The highest BCUT2D eigenvalue weighted by molar-refractivity contribution is 7.80. The molecule has 0 aromatic heterocycles. The minimum Gasteiger partial charge on any atom is -0.143 e. The average Bonchev–Trinajstić information content (AvgIpc) is 2.71. The van der Waals surface area contributed by atoms with Crippen LogP contribution in [0.3, 0.4) is 0 Å². The van der Waals surface area contributed by atoms with Gasteiger partial charge in [-0.05, 0) is 47.2 Å². The molecular weight excluding hydrogens is 260 g/mol. The molecule has 1 heteroatoms.